The van der Waals surface area contributed by atoms with Crippen LogP contribution in [0.3, 0.4) is 0 Å². The predicted molar refractivity (Wildman–Crippen MR) is 27.5 cm³/mol. The summed E-state index contributed by atoms with van der Waals surface area (Å²) in [6.45, 7) is 1.50. The van der Waals surface area contributed by atoms with Crippen LogP contribution in [0.5, 0.6) is 0 Å². The third kappa shape index (κ3) is 9960. The molecule has 4 nitrogen and oxygen atoms in total. The Bertz CT molecular complexity index is 24.1. The van der Waals surface area contributed by atoms with Crippen molar-refractivity contribution < 1.29 is 15.2 Å². The summed E-state index contributed by atoms with van der Waals surface area (Å²) >= 11 is 0. The molecule has 0 aromatic rings. The number of nitrogens with two attached hydrogens (primary N) is 1. The van der Waals surface area contributed by atoms with Gasteiger partial charge < -0.3 is 20.9 Å². The second kappa shape index (κ2) is 9.32. The lowest BCUT2D eigenvalue weighted by molar-refractivity contribution is 0.203. The van der Waals surface area contributed by atoms with Gasteiger partial charge in [-0.05, 0) is 6.92 Å². The van der Waals surface area contributed by atoms with E-state index in [0.29, 0.717) is 0 Å². The lowest BCUT2D eigenvalue weighted by Gasteiger charge is -1.82. The largest absolute Gasteiger partial charge is 0.432 e. The highest BCUT2D eigenvalue weighted by Crippen LogP contribution is 1.50. The van der Waals surface area contributed by atoms with E-state index in [4.69, 9.17) is 15.2 Å². The van der Waals surface area contributed by atoms with Gasteiger partial charge in [-0.25, -0.2) is 0 Å². The molecule has 0 aliphatic rings. The van der Waals surface area contributed by atoms with E-state index < -0.39 is 13.9 Å². The normalized spacial score (nSPS) is 11.0. The van der Waals surface area contributed by atoms with Gasteiger partial charge in [-0.15, -0.1) is 0 Å². The summed E-state index contributed by atoms with van der Waals surface area (Å²) in [5, 5.41) is 22.1. The molecule has 0 spiro atoms. The maximum Gasteiger partial charge on any atom is 0.432 e. The highest BCUT2D eigenvalue weighted by atomic mass is 16.4. The van der Waals surface area contributed by atoms with Crippen LogP contribution in [0.15, 0.2) is 0 Å². The van der Waals surface area contributed by atoms with Crippen LogP contribution in [-0.4, -0.2) is 29.1 Å². The van der Waals surface area contributed by atoms with Crippen molar-refractivity contribution in [2.75, 3.05) is 0 Å². The fourth-order valence-electron chi connectivity index (χ4n) is 0. The molecule has 44 valence electrons. The number of hydrogen-bond acceptors (Lipinski definition) is 4. The van der Waals surface area contributed by atoms with Gasteiger partial charge in [0.05, 0.1) is 6.23 Å². The Balaban J connectivity index is 0. The van der Waals surface area contributed by atoms with Gasteiger partial charge in [0.1, 0.15) is 0 Å². The van der Waals surface area contributed by atoms with E-state index in [1.54, 1.807) is 0 Å². The molecule has 0 rings (SSSR count). The first kappa shape index (κ1) is 10.0. The van der Waals surface area contributed by atoms with Crippen LogP contribution in [0.25, 0.3) is 0 Å². The molecule has 0 heterocycles. The monoisotopic (exact) mass is 107 g/mol. The third-order valence-electron chi connectivity index (χ3n) is 0. The first-order valence-electron chi connectivity index (χ1n) is 1.80. The molecule has 5 N–H and O–H groups in total. The van der Waals surface area contributed by atoms with E-state index in [9.17, 15) is 0 Å². The SMILES string of the molecule is CC(N)O.OBO. The Labute approximate surface area is 42.9 Å². The molecule has 7 heavy (non-hydrogen) atoms. The molecule has 0 bridgehead atoms. The van der Waals surface area contributed by atoms with E-state index in [1.165, 1.54) is 6.92 Å². The van der Waals surface area contributed by atoms with Crippen LogP contribution in [-0.2, 0) is 0 Å². The predicted octanol–water partition coefficient (Wildman–Crippen LogP) is -2.48. The van der Waals surface area contributed by atoms with Crippen molar-refractivity contribution in [2.45, 2.75) is 13.2 Å². The van der Waals surface area contributed by atoms with Crippen LogP contribution in [0.1, 0.15) is 6.92 Å². The molecule has 0 aliphatic heterocycles. The lowest BCUT2D eigenvalue weighted by atomic mass is 10.5. The first-order valence-corrected chi connectivity index (χ1v) is 1.80. The molecular weight excluding hydrogens is 96.8 g/mol. The van der Waals surface area contributed by atoms with Crippen molar-refractivity contribution in [3.05, 3.63) is 0 Å². The second-order valence-corrected chi connectivity index (χ2v) is 0.882. The molecule has 1 unspecified atom stereocenters. The smallest absolute Gasteiger partial charge is 0.430 e. The van der Waals surface area contributed by atoms with Crippen LogP contribution in [0, 0.1) is 0 Å². The topological polar surface area (TPSA) is 86.7 Å². The number of hydrogen-bond donors (Lipinski definition) is 4. The summed E-state index contributed by atoms with van der Waals surface area (Å²) < 4.78 is 0. The van der Waals surface area contributed by atoms with E-state index in [0.717, 1.165) is 0 Å². The highest BCUT2D eigenvalue weighted by Gasteiger charge is 1.68. The summed E-state index contributed by atoms with van der Waals surface area (Å²) in [4.78, 5) is 0. The summed E-state index contributed by atoms with van der Waals surface area (Å²) in [6.07, 6.45) is -0.667. The van der Waals surface area contributed by atoms with Crippen LogP contribution in [0.2, 0.25) is 0 Å². The zero-order valence-electron chi connectivity index (χ0n) is 4.20. The molecule has 0 aromatic carbocycles. The van der Waals surface area contributed by atoms with Gasteiger partial charge in [-0.3, -0.25) is 0 Å². The minimum absolute atomic E-state index is 0.667. The zero-order valence-corrected chi connectivity index (χ0v) is 4.20. The van der Waals surface area contributed by atoms with E-state index in [2.05, 4.69) is 5.73 Å². The van der Waals surface area contributed by atoms with E-state index >= 15 is 0 Å². The van der Waals surface area contributed by atoms with Crippen molar-refractivity contribution in [1.29, 1.82) is 0 Å². The average Bonchev–Trinajstić information content (AvgIpc) is 1.33. The molecule has 0 fully saturated rings. The maximum atomic E-state index is 7.83. The fraction of sp³-hybridized carbons (Fsp3) is 1.00. The van der Waals surface area contributed by atoms with E-state index in [-0.39, 0.29) is 0 Å². The molecule has 0 aliphatic carbocycles. The Hall–Kier alpha value is -0.0951. The molecule has 5 heteroatoms. The summed E-state index contributed by atoms with van der Waals surface area (Å²) in [5.41, 5.74) is 4.67. The molecule has 0 radical (unpaired) electrons. The van der Waals surface area contributed by atoms with Gasteiger partial charge in [0.25, 0.3) is 0 Å². The Kier molecular flexibility index (Phi) is 13.3. The molecule has 0 saturated heterocycles. The Morgan fingerprint density at radius 3 is 1.57 bits per heavy atom. The van der Waals surface area contributed by atoms with Crippen LogP contribution in [0.4, 0.5) is 0 Å². The molecule has 0 aromatic heterocycles. The highest BCUT2D eigenvalue weighted by molar-refractivity contribution is 6.13. The Morgan fingerprint density at radius 2 is 1.57 bits per heavy atom. The van der Waals surface area contributed by atoms with Gasteiger partial charge in [0.15, 0.2) is 0 Å². The third-order valence-corrected chi connectivity index (χ3v) is 0. The molecule has 1 atom stereocenters. The summed E-state index contributed by atoms with van der Waals surface area (Å²) in [7, 11) is -0.750. The van der Waals surface area contributed by atoms with Crippen LogP contribution < -0.4 is 5.73 Å². The summed E-state index contributed by atoms with van der Waals surface area (Å²) in [5.74, 6) is 0. The van der Waals surface area contributed by atoms with E-state index in [1.807, 2.05) is 0 Å². The summed E-state index contributed by atoms with van der Waals surface area (Å²) in [6, 6.07) is 0. The minimum atomic E-state index is -0.750. The first-order chi connectivity index (χ1) is 3.15. The lowest BCUT2D eigenvalue weighted by Crippen LogP contribution is -2.11. The van der Waals surface area contributed by atoms with Crippen LogP contribution >= 0.6 is 0 Å². The zero-order chi connectivity index (χ0) is 6.28. The number of aliphatic hydroxyl groups is 1. The van der Waals surface area contributed by atoms with Gasteiger partial charge >= 0.3 is 7.69 Å². The van der Waals surface area contributed by atoms with Gasteiger partial charge in [-0.2, -0.15) is 0 Å². The minimum Gasteiger partial charge on any atom is -0.430 e. The molecule has 0 saturated carbocycles. The standard InChI is InChI=1S/C2H7NO.BH3O2/c1-2(3)4;2-1-3/h2,4H,3H2,1H3;1-3H. The molecular formula is C2H10BNO3. The van der Waals surface area contributed by atoms with Gasteiger partial charge in [-0.1, -0.05) is 0 Å². The average molecular weight is 107 g/mol. The van der Waals surface area contributed by atoms with Crippen molar-refractivity contribution >= 4 is 7.69 Å². The van der Waals surface area contributed by atoms with Crippen molar-refractivity contribution in [2.24, 2.45) is 5.73 Å². The van der Waals surface area contributed by atoms with Crippen molar-refractivity contribution in [3.8, 4) is 0 Å². The number of rotatable bonds is 0. The van der Waals surface area contributed by atoms with Gasteiger partial charge in [0, 0.05) is 0 Å². The van der Waals surface area contributed by atoms with Crippen molar-refractivity contribution in [1.82, 2.24) is 0 Å². The molecule has 0 amide bonds. The van der Waals surface area contributed by atoms with Crippen molar-refractivity contribution in [3.63, 3.8) is 0 Å². The maximum absolute atomic E-state index is 7.83. The van der Waals surface area contributed by atoms with Gasteiger partial charge in [0.2, 0.25) is 0 Å². The fourth-order valence-corrected chi connectivity index (χ4v) is 0. The Morgan fingerprint density at radius 1 is 1.57 bits per heavy atom. The quantitative estimate of drug-likeness (QED) is 0.204. The second-order valence-electron chi connectivity index (χ2n) is 0.882. The number of aliphatic hydroxyl groups excluding tert-OH is 1.